The third kappa shape index (κ3) is 4.14. The molecule has 3 rings (SSSR count). The molecule has 1 amide bonds. The van der Waals surface area contributed by atoms with Crippen LogP contribution in [0.1, 0.15) is 19.3 Å². The number of nitrogens with one attached hydrogen (secondary N) is 2. The zero-order chi connectivity index (χ0) is 16.9. The van der Waals surface area contributed by atoms with E-state index in [9.17, 15) is 13.6 Å². The van der Waals surface area contributed by atoms with E-state index in [4.69, 9.17) is 0 Å². The molecule has 7 heteroatoms. The summed E-state index contributed by atoms with van der Waals surface area (Å²) in [7, 11) is 0. The molecular weight excluding hydrogens is 316 g/mol. The van der Waals surface area contributed by atoms with Crippen molar-refractivity contribution in [3.8, 4) is 5.75 Å². The molecule has 1 unspecified atom stereocenters. The summed E-state index contributed by atoms with van der Waals surface area (Å²) < 4.78 is 29.7. The first-order valence-corrected chi connectivity index (χ1v) is 8.43. The number of hydrogen-bond acceptors (Lipinski definition) is 4. The molecule has 0 bridgehead atoms. The lowest BCUT2D eigenvalue weighted by molar-refractivity contribution is -0.126. The van der Waals surface area contributed by atoms with E-state index in [1.54, 1.807) is 24.3 Å². The Morgan fingerprint density at radius 3 is 2.75 bits per heavy atom. The summed E-state index contributed by atoms with van der Waals surface area (Å²) in [6.07, 6.45) is 2.54. The molecule has 1 aromatic carbocycles. The van der Waals surface area contributed by atoms with Gasteiger partial charge in [0, 0.05) is 25.0 Å². The molecule has 5 nitrogen and oxygen atoms in total. The van der Waals surface area contributed by atoms with Crippen LogP contribution in [0.4, 0.5) is 14.5 Å². The number of carbonyl (C=O) groups excluding carboxylic acids is 1. The van der Waals surface area contributed by atoms with Gasteiger partial charge in [-0.15, -0.1) is 0 Å². The number of benzene rings is 1. The zero-order valence-electron chi connectivity index (χ0n) is 13.5. The van der Waals surface area contributed by atoms with Crippen LogP contribution in [-0.4, -0.2) is 44.7 Å². The highest BCUT2D eigenvalue weighted by Gasteiger charge is 2.29. The number of amides is 1. The van der Waals surface area contributed by atoms with Crippen LogP contribution in [0.3, 0.4) is 0 Å². The van der Waals surface area contributed by atoms with Crippen LogP contribution in [0.25, 0.3) is 0 Å². The van der Waals surface area contributed by atoms with Crippen molar-refractivity contribution in [1.29, 1.82) is 0 Å². The van der Waals surface area contributed by atoms with Gasteiger partial charge < -0.3 is 20.3 Å². The number of carbonyl (C=O) groups is 1. The lowest BCUT2D eigenvalue weighted by atomic mass is 9.97. The largest absolute Gasteiger partial charge is 0.433 e. The molecule has 1 atom stereocenters. The van der Waals surface area contributed by atoms with Crippen LogP contribution in [0.2, 0.25) is 0 Å². The molecule has 2 saturated heterocycles. The van der Waals surface area contributed by atoms with Crippen LogP contribution in [-0.2, 0) is 4.79 Å². The summed E-state index contributed by atoms with van der Waals surface area (Å²) in [6.45, 7) is 0.241. The average Bonchev–Trinajstić information content (AvgIpc) is 3.04. The van der Waals surface area contributed by atoms with Gasteiger partial charge in [-0.05, 0) is 44.5 Å². The minimum atomic E-state index is -2.84. The SMILES string of the molecule is O=C(NC1CCN(c2ccccc2OC(F)F)C1)C1CCNCC1. The third-order valence-electron chi connectivity index (χ3n) is 4.67. The quantitative estimate of drug-likeness (QED) is 0.861. The minimum absolute atomic E-state index is 0.0481. The zero-order valence-corrected chi connectivity index (χ0v) is 13.5. The Bertz CT molecular complexity index is 565. The number of nitrogens with zero attached hydrogens (tertiary/aromatic N) is 1. The maximum atomic E-state index is 12.5. The summed E-state index contributed by atoms with van der Waals surface area (Å²) >= 11 is 0. The first-order valence-electron chi connectivity index (χ1n) is 8.43. The normalized spacial score (nSPS) is 22.0. The van der Waals surface area contributed by atoms with Gasteiger partial charge in [-0.1, -0.05) is 12.1 Å². The van der Waals surface area contributed by atoms with Gasteiger partial charge in [0.2, 0.25) is 5.91 Å². The Labute approximate surface area is 140 Å². The minimum Gasteiger partial charge on any atom is -0.433 e. The van der Waals surface area contributed by atoms with Gasteiger partial charge in [-0.2, -0.15) is 8.78 Å². The second-order valence-electron chi connectivity index (χ2n) is 6.31. The van der Waals surface area contributed by atoms with E-state index in [0.717, 1.165) is 32.4 Å². The van der Waals surface area contributed by atoms with Crippen LogP contribution in [0.15, 0.2) is 24.3 Å². The van der Waals surface area contributed by atoms with Gasteiger partial charge in [-0.3, -0.25) is 4.79 Å². The Morgan fingerprint density at radius 2 is 2.00 bits per heavy atom. The predicted octanol–water partition coefficient (Wildman–Crippen LogP) is 1.98. The molecule has 0 spiro atoms. The van der Waals surface area contributed by atoms with Crippen molar-refractivity contribution >= 4 is 11.6 Å². The van der Waals surface area contributed by atoms with Gasteiger partial charge in [-0.25, -0.2) is 0 Å². The maximum Gasteiger partial charge on any atom is 0.387 e. The second-order valence-corrected chi connectivity index (χ2v) is 6.31. The van der Waals surface area contributed by atoms with Gasteiger partial charge in [0.25, 0.3) is 0 Å². The monoisotopic (exact) mass is 339 g/mol. The van der Waals surface area contributed by atoms with Crippen molar-refractivity contribution in [2.45, 2.75) is 31.9 Å². The lowest BCUT2D eigenvalue weighted by Gasteiger charge is -2.24. The molecule has 132 valence electrons. The number of rotatable bonds is 5. The van der Waals surface area contributed by atoms with E-state index in [1.807, 2.05) is 4.90 Å². The number of para-hydroxylation sites is 2. The molecular formula is C17H23F2N3O2. The van der Waals surface area contributed by atoms with Gasteiger partial charge in [0.15, 0.2) is 0 Å². The molecule has 0 aliphatic carbocycles. The van der Waals surface area contributed by atoms with Crippen molar-refractivity contribution in [2.24, 2.45) is 5.92 Å². The molecule has 0 saturated carbocycles. The molecule has 2 aliphatic heterocycles. The summed E-state index contributed by atoms with van der Waals surface area (Å²) in [4.78, 5) is 14.3. The second kappa shape index (κ2) is 7.79. The van der Waals surface area contributed by atoms with Crippen molar-refractivity contribution in [1.82, 2.24) is 10.6 Å². The van der Waals surface area contributed by atoms with Crippen LogP contribution < -0.4 is 20.3 Å². The van der Waals surface area contributed by atoms with E-state index in [0.29, 0.717) is 18.8 Å². The number of halogens is 2. The molecule has 2 fully saturated rings. The molecule has 0 radical (unpaired) electrons. The van der Waals surface area contributed by atoms with E-state index in [2.05, 4.69) is 15.4 Å². The summed E-state index contributed by atoms with van der Waals surface area (Å²) in [5.74, 6) is 0.369. The fourth-order valence-electron chi connectivity index (χ4n) is 3.41. The Hall–Kier alpha value is -1.89. The van der Waals surface area contributed by atoms with Crippen molar-refractivity contribution in [3.63, 3.8) is 0 Å². The van der Waals surface area contributed by atoms with Crippen LogP contribution in [0.5, 0.6) is 5.75 Å². The molecule has 1 aromatic rings. The Kier molecular flexibility index (Phi) is 5.50. The van der Waals surface area contributed by atoms with Gasteiger partial charge in [0.05, 0.1) is 5.69 Å². The smallest absolute Gasteiger partial charge is 0.387 e. The summed E-state index contributed by atoms with van der Waals surface area (Å²) in [6, 6.07) is 6.84. The molecule has 0 aromatic heterocycles. The van der Waals surface area contributed by atoms with Gasteiger partial charge in [0.1, 0.15) is 5.75 Å². The number of ether oxygens (including phenoxy) is 1. The van der Waals surface area contributed by atoms with E-state index < -0.39 is 6.61 Å². The average molecular weight is 339 g/mol. The predicted molar refractivity (Wildman–Crippen MR) is 87.4 cm³/mol. The van der Waals surface area contributed by atoms with E-state index in [-0.39, 0.29) is 23.6 Å². The number of hydrogen-bond donors (Lipinski definition) is 2. The highest BCUT2D eigenvalue weighted by Crippen LogP contribution is 2.31. The Morgan fingerprint density at radius 1 is 1.25 bits per heavy atom. The van der Waals surface area contributed by atoms with E-state index in [1.165, 1.54) is 0 Å². The first kappa shape index (κ1) is 17.0. The first-order chi connectivity index (χ1) is 11.6. The van der Waals surface area contributed by atoms with E-state index >= 15 is 0 Å². The van der Waals surface area contributed by atoms with Crippen molar-refractivity contribution in [3.05, 3.63) is 24.3 Å². The highest BCUT2D eigenvalue weighted by atomic mass is 19.3. The third-order valence-corrected chi connectivity index (χ3v) is 4.67. The lowest BCUT2D eigenvalue weighted by Crippen LogP contribution is -2.43. The van der Waals surface area contributed by atoms with Crippen LogP contribution >= 0.6 is 0 Å². The maximum absolute atomic E-state index is 12.5. The van der Waals surface area contributed by atoms with Gasteiger partial charge >= 0.3 is 6.61 Å². The summed E-state index contributed by atoms with van der Waals surface area (Å²) in [5.41, 5.74) is 0.649. The molecule has 24 heavy (non-hydrogen) atoms. The summed E-state index contributed by atoms with van der Waals surface area (Å²) in [5, 5.41) is 6.36. The van der Waals surface area contributed by atoms with Crippen molar-refractivity contribution in [2.75, 3.05) is 31.1 Å². The standard InChI is InChI=1S/C17H23F2N3O2/c18-17(19)24-15-4-2-1-3-14(15)22-10-7-13(11-22)21-16(23)12-5-8-20-9-6-12/h1-4,12-13,17,20H,5-11H2,(H,21,23). The number of alkyl halides is 2. The topological polar surface area (TPSA) is 53.6 Å². The molecule has 2 aliphatic rings. The fraction of sp³-hybridized carbons (Fsp3) is 0.588. The number of anilines is 1. The Balaban J connectivity index is 1.58. The fourth-order valence-corrected chi connectivity index (χ4v) is 3.41. The van der Waals surface area contributed by atoms with Crippen molar-refractivity contribution < 1.29 is 18.3 Å². The van der Waals surface area contributed by atoms with Crippen LogP contribution in [0, 0.1) is 5.92 Å². The molecule has 2 heterocycles. The molecule has 2 N–H and O–H groups in total. The number of piperidine rings is 1. The highest BCUT2D eigenvalue weighted by molar-refractivity contribution is 5.79.